The lowest BCUT2D eigenvalue weighted by Crippen LogP contribution is -2.23. The molecule has 1 spiro atoms. The third-order valence-corrected chi connectivity index (χ3v) is 4.53. The van der Waals surface area contributed by atoms with Crippen LogP contribution in [0, 0.1) is 19.3 Å². The predicted molar refractivity (Wildman–Crippen MR) is 80.5 cm³/mol. The van der Waals surface area contributed by atoms with E-state index in [2.05, 4.69) is 42.4 Å². The van der Waals surface area contributed by atoms with Crippen molar-refractivity contribution in [1.82, 2.24) is 0 Å². The summed E-state index contributed by atoms with van der Waals surface area (Å²) in [6, 6.07) is 6.84. The second kappa shape index (κ2) is 4.55. The van der Waals surface area contributed by atoms with E-state index in [9.17, 15) is 0 Å². The molecule has 102 valence electrons. The first kappa shape index (κ1) is 12.5. The van der Waals surface area contributed by atoms with Crippen molar-refractivity contribution < 1.29 is 0 Å². The van der Waals surface area contributed by atoms with Crippen LogP contribution in [0.25, 0.3) is 0 Å². The van der Waals surface area contributed by atoms with Crippen LogP contribution in [-0.4, -0.2) is 12.0 Å². The zero-order valence-corrected chi connectivity index (χ0v) is 11.9. The van der Waals surface area contributed by atoms with Crippen LogP contribution >= 0.6 is 0 Å². The van der Waals surface area contributed by atoms with Gasteiger partial charge in [-0.05, 0) is 61.8 Å². The summed E-state index contributed by atoms with van der Waals surface area (Å²) in [6.45, 7) is 4.19. The van der Waals surface area contributed by atoms with E-state index in [1.807, 2.05) is 0 Å². The zero-order chi connectivity index (χ0) is 13.5. The van der Waals surface area contributed by atoms with E-state index in [1.165, 1.54) is 43.2 Å². The Bertz CT molecular complexity index is 492. The number of hydrogen-bond donors (Lipinski definition) is 2. The maximum atomic E-state index is 6.04. The molecule has 0 saturated heterocycles. The molecule has 3 N–H and O–H groups in total. The number of nitrogens with zero attached hydrogens (tertiary/aromatic N) is 1. The van der Waals surface area contributed by atoms with Gasteiger partial charge in [0.05, 0.1) is 6.04 Å². The highest BCUT2D eigenvalue weighted by Gasteiger charge is 2.55. The number of benzene rings is 1. The monoisotopic (exact) mass is 257 g/mol. The summed E-state index contributed by atoms with van der Waals surface area (Å²) < 4.78 is 0. The molecule has 0 amide bonds. The summed E-state index contributed by atoms with van der Waals surface area (Å²) >= 11 is 0. The minimum atomic E-state index is 0.466. The minimum absolute atomic E-state index is 0.466. The molecule has 0 aliphatic heterocycles. The van der Waals surface area contributed by atoms with Crippen LogP contribution in [0.2, 0.25) is 0 Å². The molecule has 0 bridgehead atoms. The molecule has 19 heavy (non-hydrogen) atoms. The highest BCUT2D eigenvalue weighted by molar-refractivity contribution is 5.92. The van der Waals surface area contributed by atoms with E-state index < -0.39 is 0 Å². The molecule has 0 aromatic heterocycles. The third-order valence-electron chi connectivity index (χ3n) is 4.53. The van der Waals surface area contributed by atoms with Gasteiger partial charge in [0.1, 0.15) is 0 Å². The maximum Gasteiger partial charge on any atom is 0.193 e. The van der Waals surface area contributed by atoms with Gasteiger partial charge in [-0.1, -0.05) is 18.9 Å². The normalized spacial score (nSPS) is 24.7. The molecule has 2 fully saturated rings. The van der Waals surface area contributed by atoms with Crippen molar-refractivity contribution in [2.45, 2.75) is 52.0 Å². The van der Waals surface area contributed by atoms with Gasteiger partial charge in [0, 0.05) is 5.69 Å². The molecule has 1 atom stereocenters. The van der Waals surface area contributed by atoms with Crippen LogP contribution in [0.4, 0.5) is 5.69 Å². The molecule has 3 nitrogen and oxygen atoms in total. The van der Waals surface area contributed by atoms with E-state index in [1.54, 1.807) is 0 Å². The average molecular weight is 257 g/mol. The van der Waals surface area contributed by atoms with Gasteiger partial charge in [-0.15, -0.1) is 0 Å². The van der Waals surface area contributed by atoms with Crippen molar-refractivity contribution in [3.8, 4) is 0 Å². The Morgan fingerprint density at radius 2 is 1.84 bits per heavy atom. The Morgan fingerprint density at radius 1 is 1.21 bits per heavy atom. The summed E-state index contributed by atoms with van der Waals surface area (Å²) in [5.41, 5.74) is 10.1. The van der Waals surface area contributed by atoms with Gasteiger partial charge < -0.3 is 11.1 Å². The predicted octanol–water partition coefficient (Wildman–Crippen LogP) is 3.36. The Balaban J connectivity index is 1.66. The van der Waals surface area contributed by atoms with E-state index >= 15 is 0 Å². The maximum absolute atomic E-state index is 6.04. The third kappa shape index (κ3) is 2.60. The fourth-order valence-electron chi connectivity index (χ4n) is 3.52. The molecule has 2 aliphatic rings. The fraction of sp³-hybridized carbons (Fsp3) is 0.562. The van der Waals surface area contributed by atoms with Crippen molar-refractivity contribution >= 4 is 11.6 Å². The van der Waals surface area contributed by atoms with Crippen molar-refractivity contribution in [2.24, 2.45) is 16.1 Å². The number of aliphatic imine (C=N–C) groups is 1. The lowest BCUT2D eigenvalue weighted by molar-refractivity contribution is 0.511. The second-order valence-electron chi connectivity index (χ2n) is 6.31. The number of aryl methyl sites for hydroxylation is 2. The number of guanidine groups is 1. The van der Waals surface area contributed by atoms with Crippen LogP contribution in [-0.2, 0) is 0 Å². The van der Waals surface area contributed by atoms with E-state index in [0.717, 1.165) is 5.69 Å². The highest BCUT2D eigenvalue weighted by Crippen LogP contribution is 2.59. The van der Waals surface area contributed by atoms with Gasteiger partial charge in [0.2, 0.25) is 0 Å². The van der Waals surface area contributed by atoms with Gasteiger partial charge in [0.25, 0.3) is 0 Å². The number of nitrogens with one attached hydrogen (secondary N) is 1. The number of hydrogen-bond acceptors (Lipinski definition) is 1. The Hall–Kier alpha value is -1.51. The lowest BCUT2D eigenvalue weighted by Gasteiger charge is -2.09. The molecular formula is C16H23N3. The number of anilines is 1. The van der Waals surface area contributed by atoms with Gasteiger partial charge in [-0.3, -0.25) is 0 Å². The molecule has 3 heteroatoms. The Kier molecular flexibility index (Phi) is 3.00. The fourth-order valence-corrected chi connectivity index (χ4v) is 3.52. The van der Waals surface area contributed by atoms with E-state index in [4.69, 9.17) is 5.73 Å². The molecule has 0 radical (unpaired) electrons. The van der Waals surface area contributed by atoms with Crippen LogP contribution in [0.15, 0.2) is 23.2 Å². The largest absolute Gasteiger partial charge is 0.370 e. The van der Waals surface area contributed by atoms with Crippen molar-refractivity contribution in [1.29, 1.82) is 0 Å². The average Bonchev–Trinajstić information content (AvgIpc) is 2.75. The minimum Gasteiger partial charge on any atom is -0.370 e. The summed E-state index contributed by atoms with van der Waals surface area (Å²) in [5.74, 6) is 0.568. The zero-order valence-electron chi connectivity index (χ0n) is 11.9. The molecule has 2 aliphatic carbocycles. The molecule has 3 rings (SSSR count). The summed E-state index contributed by atoms with van der Waals surface area (Å²) in [7, 11) is 0. The first-order valence-corrected chi connectivity index (χ1v) is 7.26. The SMILES string of the molecule is Cc1cc(C)cc(NC(N)=NC2CC23CCCC3)c1. The van der Waals surface area contributed by atoms with Crippen molar-refractivity contribution in [3.63, 3.8) is 0 Å². The molecule has 2 saturated carbocycles. The molecule has 1 aromatic rings. The van der Waals surface area contributed by atoms with Gasteiger partial charge >= 0.3 is 0 Å². The van der Waals surface area contributed by atoms with Gasteiger partial charge in [-0.25, -0.2) is 4.99 Å². The van der Waals surface area contributed by atoms with Crippen molar-refractivity contribution in [2.75, 3.05) is 5.32 Å². The highest BCUT2D eigenvalue weighted by atomic mass is 15.1. The first-order valence-electron chi connectivity index (χ1n) is 7.26. The Labute approximate surface area is 115 Å². The molecule has 1 aromatic carbocycles. The molecular weight excluding hydrogens is 234 g/mol. The molecule has 1 unspecified atom stereocenters. The molecule has 0 heterocycles. The summed E-state index contributed by atoms with van der Waals surface area (Å²) in [5, 5.41) is 3.23. The van der Waals surface area contributed by atoms with Crippen LogP contribution < -0.4 is 11.1 Å². The van der Waals surface area contributed by atoms with Crippen LogP contribution in [0.1, 0.15) is 43.2 Å². The smallest absolute Gasteiger partial charge is 0.193 e. The van der Waals surface area contributed by atoms with Gasteiger partial charge in [0.15, 0.2) is 5.96 Å². The summed E-state index contributed by atoms with van der Waals surface area (Å²) in [4.78, 5) is 4.66. The Morgan fingerprint density at radius 3 is 2.47 bits per heavy atom. The van der Waals surface area contributed by atoms with Crippen LogP contribution in [0.3, 0.4) is 0 Å². The van der Waals surface area contributed by atoms with Crippen molar-refractivity contribution in [3.05, 3.63) is 29.3 Å². The second-order valence-corrected chi connectivity index (χ2v) is 6.31. The number of rotatable bonds is 2. The van der Waals surface area contributed by atoms with Crippen LogP contribution in [0.5, 0.6) is 0 Å². The summed E-state index contributed by atoms with van der Waals surface area (Å²) in [6.07, 6.45) is 6.67. The van der Waals surface area contributed by atoms with E-state index in [0.29, 0.717) is 17.4 Å². The number of nitrogens with two attached hydrogens (primary N) is 1. The quantitative estimate of drug-likeness (QED) is 0.630. The van der Waals surface area contributed by atoms with Gasteiger partial charge in [-0.2, -0.15) is 0 Å². The topological polar surface area (TPSA) is 50.4 Å². The standard InChI is InChI=1S/C16H23N3/c1-11-7-12(2)9-13(8-11)18-15(17)19-14-10-16(14)5-3-4-6-16/h7-9,14H,3-6,10H2,1-2H3,(H3,17,18,19). The first-order chi connectivity index (χ1) is 9.07. The lowest BCUT2D eigenvalue weighted by atomic mass is 10.1. The van der Waals surface area contributed by atoms with E-state index in [-0.39, 0.29) is 0 Å².